The van der Waals surface area contributed by atoms with Crippen molar-refractivity contribution in [1.82, 2.24) is 24.8 Å². The Balaban J connectivity index is 1.57. The van der Waals surface area contributed by atoms with E-state index >= 15 is 0 Å². The van der Waals surface area contributed by atoms with E-state index in [4.69, 9.17) is 4.74 Å². The van der Waals surface area contributed by atoms with E-state index < -0.39 is 0 Å². The Hall–Kier alpha value is -3.00. The Morgan fingerprint density at radius 2 is 2.20 bits per heavy atom. The Kier molecular flexibility index (Phi) is 4.02. The van der Waals surface area contributed by atoms with Gasteiger partial charge in [0.15, 0.2) is 0 Å². The maximum absolute atomic E-state index is 12.9. The highest BCUT2D eigenvalue weighted by atomic mass is 16.5. The van der Waals surface area contributed by atoms with Gasteiger partial charge in [0.25, 0.3) is 5.91 Å². The summed E-state index contributed by atoms with van der Waals surface area (Å²) in [6.45, 7) is 1.45. The molecule has 0 spiro atoms. The molecule has 1 saturated heterocycles. The predicted octanol–water partition coefficient (Wildman–Crippen LogP) is 1.61. The summed E-state index contributed by atoms with van der Waals surface area (Å²) in [5.41, 5.74) is 3.04. The van der Waals surface area contributed by atoms with E-state index in [1.54, 1.807) is 36.7 Å². The van der Waals surface area contributed by atoms with Gasteiger partial charge in [0.1, 0.15) is 17.6 Å². The zero-order valence-electron chi connectivity index (χ0n) is 13.8. The van der Waals surface area contributed by atoms with Gasteiger partial charge in [-0.05, 0) is 18.2 Å². The molecule has 3 heterocycles. The number of aromatic amines is 1. The summed E-state index contributed by atoms with van der Waals surface area (Å²) in [7, 11) is 1.79. The standard InChI is InChI=1S/C17H18N6O2/c1-18-16-15(19-4-5-20-16)14-9-23(6-7-25-14)17(24)11-2-3-12-13(8-11)22-10-21-12/h2-5,8,10,14H,6-7,9H2,1H3,(H,18,20)(H,21,22)/t14-/m0/s1. The van der Waals surface area contributed by atoms with Crippen molar-refractivity contribution in [3.05, 3.63) is 48.2 Å². The van der Waals surface area contributed by atoms with Crippen LogP contribution in [-0.2, 0) is 4.74 Å². The van der Waals surface area contributed by atoms with Gasteiger partial charge in [-0.15, -0.1) is 0 Å². The van der Waals surface area contributed by atoms with E-state index in [1.807, 2.05) is 12.1 Å². The minimum atomic E-state index is -0.301. The third-order valence-corrected chi connectivity index (χ3v) is 4.29. The first-order valence-electron chi connectivity index (χ1n) is 8.09. The Morgan fingerprint density at radius 1 is 1.32 bits per heavy atom. The summed E-state index contributed by atoms with van der Waals surface area (Å²) >= 11 is 0. The fourth-order valence-corrected chi connectivity index (χ4v) is 3.03. The number of nitrogens with one attached hydrogen (secondary N) is 2. The second-order valence-electron chi connectivity index (χ2n) is 5.79. The molecular formula is C17H18N6O2. The number of anilines is 1. The summed E-state index contributed by atoms with van der Waals surface area (Å²) in [5.74, 6) is 0.639. The molecule has 0 bridgehead atoms. The molecule has 1 fully saturated rings. The van der Waals surface area contributed by atoms with Gasteiger partial charge in [0, 0.05) is 31.5 Å². The van der Waals surface area contributed by atoms with Crippen LogP contribution in [0, 0.1) is 0 Å². The van der Waals surface area contributed by atoms with Gasteiger partial charge < -0.3 is 19.9 Å². The highest BCUT2D eigenvalue weighted by Crippen LogP contribution is 2.26. The van der Waals surface area contributed by atoms with Crippen LogP contribution in [-0.4, -0.2) is 57.5 Å². The number of fused-ring (bicyclic) bond motifs is 1. The van der Waals surface area contributed by atoms with Crippen molar-refractivity contribution in [2.45, 2.75) is 6.10 Å². The predicted molar refractivity (Wildman–Crippen MR) is 92.3 cm³/mol. The number of H-pyrrole nitrogens is 1. The smallest absolute Gasteiger partial charge is 0.254 e. The van der Waals surface area contributed by atoms with Crippen molar-refractivity contribution >= 4 is 22.8 Å². The minimum Gasteiger partial charge on any atom is -0.372 e. The number of benzene rings is 1. The summed E-state index contributed by atoms with van der Waals surface area (Å²) in [6.07, 6.45) is 4.58. The molecule has 25 heavy (non-hydrogen) atoms. The molecule has 4 rings (SSSR count). The Labute approximate surface area is 144 Å². The molecular weight excluding hydrogens is 320 g/mol. The first kappa shape index (κ1) is 15.5. The SMILES string of the molecule is CNc1nccnc1[C@@H]1CN(C(=O)c2ccc3nc[nH]c3c2)CCO1. The van der Waals surface area contributed by atoms with Crippen molar-refractivity contribution in [2.75, 3.05) is 32.1 Å². The molecule has 0 saturated carbocycles. The molecule has 1 aliphatic heterocycles. The molecule has 128 valence electrons. The zero-order chi connectivity index (χ0) is 17.2. The molecule has 0 radical (unpaired) electrons. The number of hydrogen-bond acceptors (Lipinski definition) is 6. The largest absolute Gasteiger partial charge is 0.372 e. The highest BCUT2D eigenvalue weighted by Gasteiger charge is 2.29. The number of morpholine rings is 1. The van der Waals surface area contributed by atoms with Crippen LogP contribution in [0.4, 0.5) is 5.82 Å². The van der Waals surface area contributed by atoms with Crippen LogP contribution in [0.5, 0.6) is 0 Å². The van der Waals surface area contributed by atoms with Gasteiger partial charge in [-0.3, -0.25) is 9.78 Å². The Bertz CT molecular complexity index is 909. The molecule has 8 nitrogen and oxygen atoms in total. The molecule has 1 aromatic carbocycles. The topological polar surface area (TPSA) is 96.0 Å². The highest BCUT2D eigenvalue weighted by molar-refractivity contribution is 5.97. The molecule has 2 aromatic heterocycles. The number of nitrogens with zero attached hydrogens (tertiary/aromatic N) is 4. The zero-order valence-corrected chi connectivity index (χ0v) is 13.8. The van der Waals surface area contributed by atoms with E-state index in [1.165, 1.54) is 0 Å². The lowest BCUT2D eigenvalue weighted by Gasteiger charge is -2.33. The molecule has 2 N–H and O–H groups in total. The number of aromatic nitrogens is 4. The van der Waals surface area contributed by atoms with Crippen LogP contribution in [0.25, 0.3) is 11.0 Å². The van der Waals surface area contributed by atoms with E-state index in [9.17, 15) is 4.79 Å². The van der Waals surface area contributed by atoms with Crippen LogP contribution >= 0.6 is 0 Å². The number of carbonyl (C=O) groups is 1. The second-order valence-corrected chi connectivity index (χ2v) is 5.79. The van der Waals surface area contributed by atoms with E-state index in [0.29, 0.717) is 36.8 Å². The third-order valence-electron chi connectivity index (χ3n) is 4.29. The number of rotatable bonds is 3. The minimum absolute atomic E-state index is 0.0281. The summed E-state index contributed by atoms with van der Waals surface area (Å²) in [6, 6.07) is 5.48. The molecule has 1 aliphatic rings. The fourth-order valence-electron chi connectivity index (χ4n) is 3.03. The molecule has 3 aromatic rings. The van der Waals surface area contributed by atoms with Crippen molar-refractivity contribution in [2.24, 2.45) is 0 Å². The maximum atomic E-state index is 12.9. The first-order valence-corrected chi connectivity index (χ1v) is 8.09. The molecule has 8 heteroatoms. The van der Waals surface area contributed by atoms with Crippen LogP contribution < -0.4 is 5.32 Å². The van der Waals surface area contributed by atoms with Crippen molar-refractivity contribution in [1.29, 1.82) is 0 Å². The van der Waals surface area contributed by atoms with Crippen LogP contribution in [0.2, 0.25) is 0 Å². The number of hydrogen-bond donors (Lipinski definition) is 2. The van der Waals surface area contributed by atoms with Gasteiger partial charge in [0.05, 0.1) is 30.5 Å². The van der Waals surface area contributed by atoms with Gasteiger partial charge in [-0.2, -0.15) is 0 Å². The first-order chi connectivity index (χ1) is 12.3. The third kappa shape index (κ3) is 2.91. The van der Waals surface area contributed by atoms with Gasteiger partial charge in [-0.25, -0.2) is 9.97 Å². The molecule has 0 aliphatic carbocycles. The fraction of sp³-hybridized carbons (Fsp3) is 0.294. The normalized spacial score (nSPS) is 17.6. The lowest BCUT2D eigenvalue weighted by molar-refractivity contribution is -0.0245. The van der Waals surface area contributed by atoms with E-state index in [-0.39, 0.29) is 12.0 Å². The lowest BCUT2D eigenvalue weighted by Crippen LogP contribution is -2.42. The number of imidazole rings is 1. The number of carbonyl (C=O) groups excluding carboxylic acids is 1. The van der Waals surface area contributed by atoms with Crippen molar-refractivity contribution in [3.8, 4) is 0 Å². The molecule has 1 atom stereocenters. The average molecular weight is 338 g/mol. The van der Waals surface area contributed by atoms with Crippen LogP contribution in [0.3, 0.4) is 0 Å². The van der Waals surface area contributed by atoms with Gasteiger partial charge in [0.2, 0.25) is 0 Å². The summed E-state index contributed by atoms with van der Waals surface area (Å²) in [4.78, 5) is 30.5. The number of ether oxygens (including phenoxy) is 1. The number of amides is 1. The second kappa shape index (κ2) is 6.48. The average Bonchev–Trinajstić information content (AvgIpc) is 3.15. The van der Waals surface area contributed by atoms with Crippen molar-refractivity contribution in [3.63, 3.8) is 0 Å². The van der Waals surface area contributed by atoms with E-state index in [0.717, 1.165) is 11.0 Å². The van der Waals surface area contributed by atoms with Gasteiger partial charge in [-0.1, -0.05) is 0 Å². The quantitative estimate of drug-likeness (QED) is 0.753. The van der Waals surface area contributed by atoms with Crippen molar-refractivity contribution < 1.29 is 9.53 Å². The summed E-state index contributed by atoms with van der Waals surface area (Å²) < 4.78 is 5.83. The summed E-state index contributed by atoms with van der Waals surface area (Å²) in [5, 5.41) is 3.02. The Morgan fingerprint density at radius 3 is 3.08 bits per heavy atom. The monoisotopic (exact) mass is 338 g/mol. The van der Waals surface area contributed by atoms with Gasteiger partial charge >= 0.3 is 0 Å². The van der Waals surface area contributed by atoms with E-state index in [2.05, 4.69) is 25.3 Å². The van der Waals surface area contributed by atoms with Crippen LogP contribution in [0.15, 0.2) is 36.9 Å². The maximum Gasteiger partial charge on any atom is 0.254 e. The molecule has 0 unspecified atom stereocenters. The van der Waals surface area contributed by atoms with Crippen LogP contribution in [0.1, 0.15) is 22.2 Å². The lowest BCUT2D eigenvalue weighted by atomic mass is 10.1. The molecule has 1 amide bonds.